The van der Waals surface area contributed by atoms with Gasteiger partial charge >= 0.3 is 0 Å². The van der Waals surface area contributed by atoms with Gasteiger partial charge in [-0.25, -0.2) is 4.39 Å². The molecule has 1 aromatic carbocycles. The molecule has 0 spiro atoms. The SMILES string of the molecule is COCC(CBr)NC(=O)c1c(O)cccc1F. The standard InChI is InChI=1S/C11H13BrFNO3/c1-17-6-7(5-12)14-11(16)10-8(13)3-2-4-9(10)15/h2-4,7,15H,5-6H2,1H3,(H,14,16). The Morgan fingerprint density at radius 3 is 2.88 bits per heavy atom. The minimum absolute atomic E-state index is 0.286. The van der Waals surface area contributed by atoms with Crippen molar-refractivity contribution < 1.29 is 19.0 Å². The summed E-state index contributed by atoms with van der Waals surface area (Å²) in [7, 11) is 1.50. The number of ether oxygens (including phenoxy) is 1. The fraction of sp³-hybridized carbons (Fsp3) is 0.364. The summed E-state index contributed by atoms with van der Waals surface area (Å²) < 4.78 is 18.3. The number of hydrogen-bond acceptors (Lipinski definition) is 3. The predicted molar refractivity (Wildman–Crippen MR) is 65.0 cm³/mol. The number of amides is 1. The topological polar surface area (TPSA) is 58.6 Å². The van der Waals surface area contributed by atoms with E-state index in [1.165, 1.54) is 19.2 Å². The first kappa shape index (κ1) is 13.9. The van der Waals surface area contributed by atoms with E-state index in [4.69, 9.17) is 4.74 Å². The molecule has 6 heteroatoms. The van der Waals surface area contributed by atoms with E-state index in [0.717, 1.165) is 6.07 Å². The van der Waals surface area contributed by atoms with Crippen LogP contribution in [0.15, 0.2) is 18.2 Å². The van der Waals surface area contributed by atoms with E-state index < -0.39 is 11.7 Å². The van der Waals surface area contributed by atoms with Crippen molar-refractivity contribution in [2.75, 3.05) is 19.0 Å². The second-order valence-electron chi connectivity index (χ2n) is 3.41. The second-order valence-corrected chi connectivity index (χ2v) is 4.06. The first-order chi connectivity index (χ1) is 8.10. The van der Waals surface area contributed by atoms with Crippen LogP contribution in [0, 0.1) is 5.82 Å². The van der Waals surface area contributed by atoms with Gasteiger partial charge in [-0.1, -0.05) is 22.0 Å². The number of carbonyl (C=O) groups excluding carboxylic acids is 1. The van der Waals surface area contributed by atoms with Crippen molar-refractivity contribution in [3.8, 4) is 5.75 Å². The molecule has 0 aliphatic rings. The highest BCUT2D eigenvalue weighted by Gasteiger charge is 2.19. The molecule has 0 fully saturated rings. The van der Waals surface area contributed by atoms with Gasteiger partial charge in [-0.2, -0.15) is 0 Å². The van der Waals surface area contributed by atoms with Crippen LogP contribution in [0.3, 0.4) is 0 Å². The lowest BCUT2D eigenvalue weighted by molar-refractivity contribution is 0.0901. The van der Waals surface area contributed by atoms with Gasteiger partial charge in [-0.15, -0.1) is 0 Å². The highest BCUT2D eigenvalue weighted by Crippen LogP contribution is 2.19. The summed E-state index contributed by atoms with van der Waals surface area (Å²) in [6.07, 6.45) is 0. The molecule has 1 atom stereocenters. The number of alkyl halides is 1. The number of phenols is 1. The van der Waals surface area contributed by atoms with Crippen LogP contribution in [0.1, 0.15) is 10.4 Å². The Labute approximate surface area is 107 Å². The van der Waals surface area contributed by atoms with Gasteiger partial charge in [0.25, 0.3) is 5.91 Å². The van der Waals surface area contributed by atoms with E-state index in [9.17, 15) is 14.3 Å². The third kappa shape index (κ3) is 3.67. The van der Waals surface area contributed by atoms with Crippen LogP contribution in [-0.2, 0) is 4.74 Å². The zero-order valence-corrected chi connectivity index (χ0v) is 10.8. The lowest BCUT2D eigenvalue weighted by atomic mass is 10.1. The molecule has 0 saturated carbocycles. The number of hydrogen-bond donors (Lipinski definition) is 2. The van der Waals surface area contributed by atoms with Crippen molar-refractivity contribution >= 4 is 21.8 Å². The third-order valence-electron chi connectivity index (χ3n) is 2.11. The molecular formula is C11H13BrFNO3. The van der Waals surface area contributed by atoms with Gasteiger partial charge in [-0.05, 0) is 12.1 Å². The first-order valence-corrected chi connectivity index (χ1v) is 6.05. The van der Waals surface area contributed by atoms with E-state index in [0.29, 0.717) is 11.9 Å². The maximum Gasteiger partial charge on any atom is 0.258 e. The highest BCUT2D eigenvalue weighted by atomic mass is 79.9. The van der Waals surface area contributed by atoms with Crippen molar-refractivity contribution in [3.05, 3.63) is 29.6 Å². The molecule has 1 aromatic rings. The smallest absolute Gasteiger partial charge is 0.258 e. The van der Waals surface area contributed by atoms with Crippen molar-refractivity contribution in [1.82, 2.24) is 5.32 Å². The zero-order chi connectivity index (χ0) is 12.8. The Hall–Kier alpha value is -1.14. The van der Waals surface area contributed by atoms with Crippen LogP contribution in [0.5, 0.6) is 5.75 Å². The molecule has 17 heavy (non-hydrogen) atoms. The fourth-order valence-corrected chi connectivity index (χ4v) is 1.67. The number of carbonyl (C=O) groups is 1. The molecule has 2 N–H and O–H groups in total. The molecule has 1 rings (SSSR count). The molecular weight excluding hydrogens is 293 g/mol. The number of benzene rings is 1. The van der Waals surface area contributed by atoms with Crippen LogP contribution < -0.4 is 5.32 Å². The number of nitrogens with one attached hydrogen (secondary N) is 1. The largest absolute Gasteiger partial charge is 0.507 e. The van der Waals surface area contributed by atoms with Crippen LogP contribution in [-0.4, -0.2) is 36.1 Å². The Kier molecular flexibility index (Phi) is 5.37. The van der Waals surface area contributed by atoms with Gasteiger partial charge in [0.15, 0.2) is 0 Å². The van der Waals surface area contributed by atoms with Crippen LogP contribution in [0.2, 0.25) is 0 Å². The van der Waals surface area contributed by atoms with Crippen LogP contribution in [0.4, 0.5) is 4.39 Å². The summed E-state index contributed by atoms with van der Waals surface area (Å²) in [4.78, 5) is 11.7. The molecule has 4 nitrogen and oxygen atoms in total. The normalized spacial score (nSPS) is 12.2. The van der Waals surface area contributed by atoms with E-state index in [1.807, 2.05) is 0 Å². The minimum atomic E-state index is -0.756. The Bertz CT molecular complexity index is 380. The van der Waals surface area contributed by atoms with Crippen molar-refractivity contribution in [1.29, 1.82) is 0 Å². The summed E-state index contributed by atoms with van der Waals surface area (Å²) in [5.41, 5.74) is -0.352. The maximum atomic E-state index is 13.4. The van der Waals surface area contributed by atoms with Gasteiger partial charge < -0.3 is 15.2 Å². The number of rotatable bonds is 5. The molecule has 1 amide bonds. The lowest BCUT2D eigenvalue weighted by Crippen LogP contribution is -2.39. The molecule has 94 valence electrons. The molecule has 0 saturated heterocycles. The van der Waals surface area contributed by atoms with E-state index in [1.54, 1.807) is 0 Å². The molecule has 0 heterocycles. The Balaban J connectivity index is 2.82. The number of phenolic OH excluding ortho intramolecular Hbond substituents is 1. The molecule has 0 aromatic heterocycles. The molecule has 0 radical (unpaired) electrons. The average molecular weight is 306 g/mol. The van der Waals surface area contributed by atoms with Crippen LogP contribution in [0.25, 0.3) is 0 Å². The number of methoxy groups -OCH3 is 1. The fourth-order valence-electron chi connectivity index (χ4n) is 1.32. The van der Waals surface area contributed by atoms with E-state index >= 15 is 0 Å². The number of halogens is 2. The van der Waals surface area contributed by atoms with E-state index in [2.05, 4.69) is 21.2 Å². The number of aromatic hydroxyl groups is 1. The van der Waals surface area contributed by atoms with E-state index in [-0.39, 0.29) is 17.4 Å². The van der Waals surface area contributed by atoms with Crippen molar-refractivity contribution in [2.45, 2.75) is 6.04 Å². The van der Waals surface area contributed by atoms with Gasteiger partial charge in [-0.3, -0.25) is 4.79 Å². The maximum absolute atomic E-state index is 13.4. The average Bonchev–Trinajstić information content (AvgIpc) is 2.28. The molecule has 0 bridgehead atoms. The van der Waals surface area contributed by atoms with Crippen LogP contribution >= 0.6 is 15.9 Å². The Morgan fingerprint density at radius 1 is 1.65 bits per heavy atom. The van der Waals surface area contributed by atoms with Gasteiger partial charge in [0, 0.05) is 12.4 Å². The molecule has 0 aliphatic heterocycles. The monoisotopic (exact) mass is 305 g/mol. The van der Waals surface area contributed by atoms with Gasteiger partial charge in [0.05, 0.1) is 12.6 Å². The summed E-state index contributed by atoms with van der Waals surface area (Å²) in [6.45, 7) is 0.298. The summed E-state index contributed by atoms with van der Waals surface area (Å²) >= 11 is 3.20. The lowest BCUT2D eigenvalue weighted by Gasteiger charge is -2.15. The predicted octanol–water partition coefficient (Wildman–Crippen LogP) is 1.67. The Morgan fingerprint density at radius 2 is 2.35 bits per heavy atom. The minimum Gasteiger partial charge on any atom is -0.507 e. The zero-order valence-electron chi connectivity index (χ0n) is 9.24. The van der Waals surface area contributed by atoms with Crippen molar-refractivity contribution in [2.24, 2.45) is 0 Å². The first-order valence-electron chi connectivity index (χ1n) is 4.93. The highest BCUT2D eigenvalue weighted by molar-refractivity contribution is 9.09. The van der Waals surface area contributed by atoms with Gasteiger partial charge in [0.1, 0.15) is 17.1 Å². The summed E-state index contributed by atoms with van der Waals surface area (Å²) in [5, 5.41) is 12.5. The van der Waals surface area contributed by atoms with Crippen molar-refractivity contribution in [3.63, 3.8) is 0 Å². The summed E-state index contributed by atoms with van der Waals surface area (Å²) in [6, 6.07) is 3.43. The molecule has 0 aliphatic carbocycles. The third-order valence-corrected chi connectivity index (χ3v) is 2.89. The van der Waals surface area contributed by atoms with Gasteiger partial charge in [0.2, 0.25) is 0 Å². The second kappa shape index (κ2) is 6.56. The summed E-state index contributed by atoms with van der Waals surface area (Å²) in [5.74, 6) is -1.80. The quantitative estimate of drug-likeness (QED) is 0.814. The molecule has 1 unspecified atom stereocenters.